The number of benzene rings is 2. The fraction of sp³-hybridized carbons (Fsp3) is 0.406. The zero-order chi connectivity index (χ0) is 32.0. The second-order valence-electron chi connectivity index (χ2n) is 11.8. The Hall–Kier alpha value is -4.55. The molecule has 1 saturated heterocycles. The molecule has 0 radical (unpaired) electrons. The highest BCUT2D eigenvalue weighted by Crippen LogP contribution is 2.34. The van der Waals surface area contributed by atoms with E-state index in [0.29, 0.717) is 24.1 Å². The average Bonchev–Trinajstić information content (AvgIpc) is 3.43. The van der Waals surface area contributed by atoms with Crippen LogP contribution in [0.25, 0.3) is 11.0 Å². The summed E-state index contributed by atoms with van der Waals surface area (Å²) in [5, 5.41) is 6.80. The highest BCUT2D eigenvalue weighted by atomic mass is 19.4. The third-order valence-corrected chi connectivity index (χ3v) is 8.58. The molecule has 2 amide bonds. The Morgan fingerprint density at radius 3 is 2.27 bits per heavy atom. The molecule has 0 atom stereocenters. The molecule has 236 valence electrons. The maximum Gasteiger partial charge on any atom is 0.449 e. The number of nitrogens with zero attached hydrogens (tertiary/aromatic N) is 5. The standard InChI is InChI=1S/C32H32F4N6O3/c1-18(2)42-27-10-8-20(17-26(27)37-31(42)32(34,35)36)29(44)40-11-13-41(14-12-40)30(45)23-15-19(7-9-24(23)33)16-25-21-5-3-4-6-22(21)28(43)39-38-25/h7-10,15,17-18H,3-6,11-14,16H2,1-2H3,(H,39,43). The highest BCUT2D eigenvalue weighted by Gasteiger charge is 2.38. The molecule has 4 aromatic rings. The Kier molecular flexibility index (Phi) is 7.96. The summed E-state index contributed by atoms with van der Waals surface area (Å²) < 4.78 is 56.8. The quantitative estimate of drug-likeness (QED) is 0.318. The van der Waals surface area contributed by atoms with Gasteiger partial charge in [-0.25, -0.2) is 14.5 Å². The van der Waals surface area contributed by atoms with Crippen molar-refractivity contribution in [3.05, 3.63) is 91.9 Å². The van der Waals surface area contributed by atoms with Gasteiger partial charge in [-0.15, -0.1) is 0 Å². The van der Waals surface area contributed by atoms with E-state index in [2.05, 4.69) is 15.2 Å². The van der Waals surface area contributed by atoms with Gasteiger partial charge in [-0.3, -0.25) is 14.4 Å². The molecular weight excluding hydrogens is 592 g/mol. The maximum atomic E-state index is 14.9. The fourth-order valence-electron chi connectivity index (χ4n) is 6.33. The first-order valence-corrected chi connectivity index (χ1v) is 15.0. The van der Waals surface area contributed by atoms with Crippen molar-refractivity contribution in [1.82, 2.24) is 29.5 Å². The Morgan fingerprint density at radius 2 is 1.60 bits per heavy atom. The summed E-state index contributed by atoms with van der Waals surface area (Å²) in [5.41, 5.74) is 3.35. The Bertz CT molecular complexity index is 1850. The fourth-order valence-corrected chi connectivity index (χ4v) is 6.33. The minimum absolute atomic E-state index is 0.0728. The number of halogens is 4. The van der Waals surface area contributed by atoms with E-state index in [1.807, 2.05) is 0 Å². The molecule has 2 aliphatic rings. The van der Waals surface area contributed by atoms with Gasteiger partial charge >= 0.3 is 6.18 Å². The molecule has 9 nitrogen and oxygen atoms in total. The van der Waals surface area contributed by atoms with Crippen molar-refractivity contribution in [2.75, 3.05) is 26.2 Å². The lowest BCUT2D eigenvalue weighted by Crippen LogP contribution is -2.50. The van der Waals surface area contributed by atoms with Crippen molar-refractivity contribution in [2.45, 2.75) is 58.2 Å². The van der Waals surface area contributed by atoms with Crippen LogP contribution in [-0.4, -0.2) is 67.5 Å². The number of rotatable bonds is 5. The number of imidazole rings is 1. The van der Waals surface area contributed by atoms with Crippen LogP contribution < -0.4 is 5.56 Å². The van der Waals surface area contributed by atoms with Gasteiger partial charge in [-0.1, -0.05) is 6.07 Å². The van der Waals surface area contributed by atoms with Crippen molar-refractivity contribution in [2.24, 2.45) is 0 Å². The molecule has 0 bridgehead atoms. The minimum Gasteiger partial charge on any atom is -0.335 e. The van der Waals surface area contributed by atoms with Crippen LogP contribution >= 0.6 is 0 Å². The number of fused-ring (bicyclic) bond motifs is 2. The molecule has 1 aliphatic heterocycles. The van der Waals surface area contributed by atoms with Crippen molar-refractivity contribution < 1.29 is 27.2 Å². The molecule has 6 rings (SSSR count). The second kappa shape index (κ2) is 11.8. The van der Waals surface area contributed by atoms with Crippen molar-refractivity contribution >= 4 is 22.8 Å². The first-order valence-electron chi connectivity index (χ1n) is 15.0. The van der Waals surface area contributed by atoms with E-state index in [9.17, 15) is 31.9 Å². The van der Waals surface area contributed by atoms with Crippen LogP contribution in [-0.2, 0) is 25.4 Å². The molecular formula is C32H32F4N6O3. The molecule has 13 heteroatoms. The molecule has 0 saturated carbocycles. The number of nitrogens with one attached hydrogen (secondary N) is 1. The topological polar surface area (TPSA) is 104 Å². The largest absolute Gasteiger partial charge is 0.449 e. The summed E-state index contributed by atoms with van der Waals surface area (Å²) in [6.45, 7) is 3.93. The van der Waals surface area contributed by atoms with Gasteiger partial charge in [0.25, 0.3) is 17.4 Å². The van der Waals surface area contributed by atoms with Gasteiger partial charge in [-0.2, -0.15) is 18.3 Å². The number of amides is 2. The van der Waals surface area contributed by atoms with Crippen molar-refractivity contribution in [1.29, 1.82) is 0 Å². The summed E-state index contributed by atoms with van der Waals surface area (Å²) in [6, 6.07) is 8.19. The third kappa shape index (κ3) is 5.83. The molecule has 1 fully saturated rings. The van der Waals surface area contributed by atoms with Crippen LogP contribution in [0.15, 0.2) is 41.2 Å². The summed E-state index contributed by atoms with van der Waals surface area (Å²) in [5.74, 6) is -2.57. The number of aromatic amines is 1. The summed E-state index contributed by atoms with van der Waals surface area (Å²) in [4.78, 5) is 45.7. The normalized spacial score (nSPS) is 15.5. The number of hydrogen-bond acceptors (Lipinski definition) is 5. The lowest BCUT2D eigenvalue weighted by atomic mass is 9.90. The van der Waals surface area contributed by atoms with E-state index in [-0.39, 0.29) is 59.8 Å². The first kappa shape index (κ1) is 30.5. The molecule has 1 N–H and O–H groups in total. The average molecular weight is 625 g/mol. The van der Waals surface area contributed by atoms with Gasteiger partial charge in [0.1, 0.15) is 5.82 Å². The number of piperazine rings is 1. The Balaban J connectivity index is 1.15. The number of aromatic nitrogens is 4. The summed E-state index contributed by atoms with van der Waals surface area (Å²) in [6.07, 6.45) is -0.961. The van der Waals surface area contributed by atoms with E-state index in [1.54, 1.807) is 19.9 Å². The molecule has 1 aliphatic carbocycles. The van der Waals surface area contributed by atoms with Gasteiger partial charge in [0.15, 0.2) is 0 Å². The molecule has 0 spiro atoms. The number of alkyl halides is 3. The van der Waals surface area contributed by atoms with Crippen molar-refractivity contribution in [3.63, 3.8) is 0 Å². The number of carbonyl (C=O) groups is 2. The van der Waals surface area contributed by atoms with Crippen LogP contribution in [0.5, 0.6) is 0 Å². The van der Waals surface area contributed by atoms with Crippen LogP contribution in [0.4, 0.5) is 17.6 Å². The zero-order valence-electron chi connectivity index (χ0n) is 24.9. The van der Waals surface area contributed by atoms with Gasteiger partial charge in [0.05, 0.1) is 22.3 Å². The van der Waals surface area contributed by atoms with Gasteiger partial charge < -0.3 is 14.4 Å². The number of H-pyrrole nitrogens is 1. The Morgan fingerprint density at radius 1 is 0.933 bits per heavy atom. The smallest absolute Gasteiger partial charge is 0.335 e. The molecule has 0 unspecified atom stereocenters. The Labute approximate surface area is 255 Å². The summed E-state index contributed by atoms with van der Waals surface area (Å²) >= 11 is 0. The van der Waals surface area contributed by atoms with Gasteiger partial charge in [0, 0.05) is 49.8 Å². The highest BCUT2D eigenvalue weighted by molar-refractivity contribution is 5.98. The van der Waals surface area contributed by atoms with Crippen LogP contribution in [0.1, 0.15) is 81.7 Å². The second-order valence-corrected chi connectivity index (χ2v) is 11.8. The van der Waals surface area contributed by atoms with Crippen LogP contribution in [0.2, 0.25) is 0 Å². The lowest BCUT2D eigenvalue weighted by molar-refractivity contribution is -0.147. The van der Waals surface area contributed by atoms with E-state index in [0.717, 1.165) is 35.0 Å². The molecule has 3 heterocycles. The third-order valence-electron chi connectivity index (χ3n) is 8.58. The van der Waals surface area contributed by atoms with E-state index >= 15 is 0 Å². The van der Waals surface area contributed by atoms with E-state index < -0.39 is 29.8 Å². The minimum atomic E-state index is -4.65. The van der Waals surface area contributed by atoms with E-state index in [1.165, 1.54) is 40.1 Å². The number of carbonyl (C=O) groups excluding carboxylic acids is 2. The summed E-state index contributed by atoms with van der Waals surface area (Å²) in [7, 11) is 0. The molecule has 2 aromatic heterocycles. The maximum absolute atomic E-state index is 14.9. The monoisotopic (exact) mass is 624 g/mol. The van der Waals surface area contributed by atoms with Crippen LogP contribution in [0.3, 0.4) is 0 Å². The lowest BCUT2D eigenvalue weighted by Gasteiger charge is -2.35. The zero-order valence-corrected chi connectivity index (χ0v) is 24.9. The van der Waals surface area contributed by atoms with E-state index in [4.69, 9.17) is 0 Å². The van der Waals surface area contributed by atoms with Gasteiger partial charge in [0.2, 0.25) is 5.82 Å². The predicted octanol–water partition coefficient (Wildman–Crippen LogP) is 4.93. The molecule has 45 heavy (non-hydrogen) atoms. The van der Waals surface area contributed by atoms with Crippen molar-refractivity contribution in [3.8, 4) is 0 Å². The number of hydrogen-bond donors (Lipinski definition) is 1. The SMILES string of the molecule is CC(C)n1c(C(F)(F)F)nc2cc(C(=O)N3CCN(C(=O)c4cc(Cc5n[nH]c(=O)c6c5CCCC6)ccc4F)CC3)ccc21. The molecule has 2 aromatic carbocycles. The first-order chi connectivity index (χ1) is 21.4. The van der Waals surface area contributed by atoms with Gasteiger partial charge in [-0.05, 0) is 81.0 Å². The predicted molar refractivity (Wildman–Crippen MR) is 158 cm³/mol. The van der Waals surface area contributed by atoms with Crippen LogP contribution in [0, 0.1) is 5.82 Å².